The van der Waals surface area contributed by atoms with E-state index in [0.717, 1.165) is 49.7 Å². The number of hydrogen-bond acceptors (Lipinski definition) is 5. The van der Waals surface area contributed by atoms with Crippen LogP contribution in [-0.2, 0) is 17.9 Å². The van der Waals surface area contributed by atoms with Crippen LogP contribution in [0.3, 0.4) is 0 Å². The Morgan fingerprint density at radius 1 is 1.08 bits per heavy atom. The number of hydrogen-bond donors (Lipinski definition) is 0. The first-order chi connectivity index (χ1) is 11.7. The summed E-state index contributed by atoms with van der Waals surface area (Å²) < 4.78 is 11.3. The van der Waals surface area contributed by atoms with Gasteiger partial charge in [0.2, 0.25) is 0 Å². The zero-order valence-electron chi connectivity index (χ0n) is 13.4. The monoisotopic (exact) mass is 328 g/mol. The molecule has 1 fully saturated rings. The van der Waals surface area contributed by atoms with Crippen molar-refractivity contribution in [3.8, 4) is 5.75 Å². The third kappa shape index (κ3) is 4.31. The summed E-state index contributed by atoms with van der Waals surface area (Å²) in [6.07, 6.45) is 0. The van der Waals surface area contributed by atoms with Crippen LogP contribution in [0.4, 0.5) is 5.69 Å². The van der Waals surface area contributed by atoms with Crippen LogP contribution in [0.2, 0.25) is 0 Å². The van der Waals surface area contributed by atoms with E-state index >= 15 is 0 Å². The number of rotatable bonds is 6. The molecule has 0 aliphatic carbocycles. The van der Waals surface area contributed by atoms with E-state index in [1.54, 1.807) is 12.1 Å². The van der Waals surface area contributed by atoms with Crippen LogP contribution in [-0.4, -0.2) is 36.1 Å². The van der Waals surface area contributed by atoms with Gasteiger partial charge in [0.05, 0.1) is 18.1 Å². The maximum Gasteiger partial charge on any atom is 0.269 e. The summed E-state index contributed by atoms with van der Waals surface area (Å²) in [4.78, 5) is 12.6. The van der Waals surface area contributed by atoms with Crippen LogP contribution in [0.15, 0.2) is 48.5 Å². The van der Waals surface area contributed by atoms with Crippen LogP contribution < -0.4 is 4.74 Å². The summed E-state index contributed by atoms with van der Waals surface area (Å²) in [6, 6.07) is 14.4. The van der Waals surface area contributed by atoms with Crippen molar-refractivity contribution >= 4 is 5.69 Å². The molecule has 0 N–H and O–H groups in total. The Kier molecular flexibility index (Phi) is 5.40. The SMILES string of the molecule is O=[N+]([O-])c1ccc(COc2ccccc2CN2CCOCC2)cc1. The van der Waals surface area contributed by atoms with E-state index < -0.39 is 4.92 Å². The van der Waals surface area contributed by atoms with Gasteiger partial charge < -0.3 is 9.47 Å². The highest BCUT2D eigenvalue weighted by atomic mass is 16.6. The number of nitro groups is 1. The molecule has 0 saturated carbocycles. The minimum atomic E-state index is -0.401. The zero-order chi connectivity index (χ0) is 16.8. The minimum absolute atomic E-state index is 0.0893. The third-order valence-corrected chi connectivity index (χ3v) is 4.01. The van der Waals surface area contributed by atoms with Crippen molar-refractivity contribution in [2.45, 2.75) is 13.2 Å². The molecule has 6 nitrogen and oxygen atoms in total. The fourth-order valence-electron chi connectivity index (χ4n) is 2.65. The molecule has 1 saturated heterocycles. The Bertz CT molecular complexity index is 682. The van der Waals surface area contributed by atoms with E-state index in [-0.39, 0.29) is 5.69 Å². The van der Waals surface area contributed by atoms with Crippen molar-refractivity contribution in [3.63, 3.8) is 0 Å². The molecule has 6 heteroatoms. The first kappa shape index (κ1) is 16.4. The minimum Gasteiger partial charge on any atom is -0.489 e. The molecule has 126 valence electrons. The van der Waals surface area contributed by atoms with Crippen molar-refractivity contribution in [2.24, 2.45) is 0 Å². The van der Waals surface area contributed by atoms with Crippen LogP contribution in [0, 0.1) is 10.1 Å². The number of morpholine rings is 1. The Labute approximate surface area is 140 Å². The largest absolute Gasteiger partial charge is 0.489 e. The molecule has 0 atom stereocenters. The van der Waals surface area contributed by atoms with Crippen molar-refractivity contribution in [2.75, 3.05) is 26.3 Å². The standard InChI is InChI=1S/C18H20N2O4/c21-20(22)17-7-5-15(6-8-17)14-24-18-4-2-1-3-16(18)13-19-9-11-23-12-10-19/h1-8H,9-14H2. The normalized spacial score (nSPS) is 15.2. The summed E-state index contributed by atoms with van der Waals surface area (Å²) in [5.41, 5.74) is 2.13. The van der Waals surface area contributed by atoms with Crippen molar-refractivity contribution < 1.29 is 14.4 Å². The number of nitro benzene ring substituents is 1. The van der Waals surface area contributed by atoms with Gasteiger partial charge in [-0.3, -0.25) is 15.0 Å². The molecule has 0 spiro atoms. The first-order valence-electron chi connectivity index (χ1n) is 7.96. The van der Waals surface area contributed by atoms with E-state index in [0.29, 0.717) is 6.61 Å². The highest BCUT2D eigenvalue weighted by Crippen LogP contribution is 2.22. The van der Waals surface area contributed by atoms with Gasteiger partial charge in [0.15, 0.2) is 0 Å². The number of nitrogens with zero attached hydrogens (tertiary/aromatic N) is 2. The van der Waals surface area contributed by atoms with Gasteiger partial charge in [-0.1, -0.05) is 18.2 Å². The van der Waals surface area contributed by atoms with Crippen molar-refractivity contribution in [3.05, 3.63) is 69.8 Å². The highest BCUT2D eigenvalue weighted by molar-refractivity contribution is 5.35. The molecule has 2 aromatic rings. The molecular formula is C18H20N2O4. The lowest BCUT2D eigenvalue weighted by Gasteiger charge is -2.27. The molecule has 0 amide bonds. The second-order valence-corrected chi connectivity index (χ2v) is 5.71. The Balaban J connectivity index is 1.63. The molecule has 0 radical (unpaired) electrons. The highest BCUT2D eigenvalue weighted by Gasteiger charge is 2.13. The Hall–Kier alpha value is -2.44. The smallest absolute Gasteiger partial charge is 0.269 e. The third-order valence-electron chi connectivity index (χ3n) is 4.01. The van der Waals surface area contributed by atoms with E-state index in [1.165, 1.54) is 12.1 Å². The van der Waals surface area contributed by atoms with Crippen molar-refractivity contribution in [1.29, 1.82) is 0 Å². The predicted molar refractivity (Wildman–Crippen MR) is 90.0 cm³/mol. The van der Waals surface area contributed by atoms with E-state index in [1.807, 2.05) is 18.2 Å². The topological polar surface area (TPSA) is 64.8 Å². The fourth-order valence-corrected chi connectivity index (χ4v) is 2.65. The number of non-ortho nitro benzene ring substituents is 1. The molecule has 24 heavy (non-hydrogen) atoms. The fraction of sp³-hybridized carbons (Fsp3) is 0.333. The molecule has 1 heterocycles. The lowest BCUT2D eigenvalue weighted by molar-refractivity contribution is -0.384. The zero-order valence-corrected chi connectivity index (χ0v) is 13.4. The maximum absolute atomic E-state index is 10.7. The summed E-state index contributed by atoms with van der Waals surface area (Å²) in [5, 5.41) is 10.7. The Morgan fingerprint density at radius 3 is 2.50 bits per heavy atom. The van der Waals surface area contributed by atoms with Gasteiger partial charge >= 0.3 is 0 Å². The van der Waals surface area contributed by atoms with Gasteiger partial charge in [-0.15, -0.1) is 0 Å². The molecule has 0 unspecified atom stereocenters. The molecule has 0 bridgehead atoms. The lowest BCUT2D eigenvalue weighted by atomic mass is 10.1. The molecule has 2 aromatic carbocycles. The second kappa shape index (κ2) is 7.90. The number of para-hydroxylation sites is 1. The van der Waals surface area contributed by atoms with E-state index in [9.17, 15) is 10.1 Å². The van der Waals surface area contributed by atoms with E-state index in [2.05, 4.69) is 11.0 Å². The quantitative estimate of drug-likeness (QED) is 0.602. The maximum atomic E-state index is 10.7. The second-order valence-electron chi connectivity index (χ2n) is 5.71. The summed E-state index contributed by atoms with van der Waals surface area (Å²) in [7, 11) is 0. The van der Waals surface area contributed by atoms with Crippen LogP contribution >= 0.6 is 0 Å². The Morgan fingerprint density at radius 2 is 1.79 bits per heavy atom. The molecule has 1 aliphatic heterocycles. The molecule has 1 aliphatic rings. The predicted octanol–water partition coefficient (Wildman–Crippen LogP) is 3.01. The number of benzene rings is 2. The van der Waals surface area contributed by atoms with Gasteiger partial charge in [-0.25, -0.2) is 0 Å². The lowest BCUT2D eigenvalue weighted by Crippen LogP contribution is -2.35. The molecule has 0 aromatic heterocycles. The van der Waals surface area contributed by atoms with Gasteiger partial charge in [0, 0.05) is 37.3 Å². The molecular weight excluding hydrogens is 308 g/mol. The van der Waals surface area contributed by atoms with Gasteiger partial charge in [-0.2, -0.15) is 0 Å². The summed E-state index contributed by atoms with van der Waals surface area (Å²) in [6.45, 7) is 4.61. The van der Waals surface area contributed by atoms with Gasteiger partial charge in [0.25, 0.3) is 5.69 Å². The summed E-state index contributed by atoms with van der Waals surface area (Å²) in [5.74, 6) is 0.849. The average Bonchev–Trinajstić information content (AvgIpc) is 2.62. The molecule has 3 rings (SSSR count). The summed E-state index contributed by atoms with van der Waals surface area (Å²) >= 11 is 0. The van der Waals surface area contributed by atoms with E-state index in [4.69, 9.17) is 9.47 Å². The van der Waals surface area contributed by atoms with Gasteiger partial charge in [-0.05, 0) is 23.8 Å². The van der Waals surface area contributed by atoms with Crippen LogP contribution in [0.25, 0.3) is 0 Å². The average molecular weight is 328 g/mol. The van der Waals surface area contributed by atoms with Crippen molar-refractivity contribution in [1.82, 2.24) is 4.90 Å². The first-order valence-corrected chi connectivity index (χ1v) is 7.96. The number of ether oxygens (including phenoxy) is 2. The van der Waals surface area contributed by atoms with Crippen LogP contribution in [0.1, 0.15) is 11.1 Å². The van der Waals surface area contributed by atoms with Crippen LogP contribution in [0.5, 0.6) is 5.75 Å². The van der Waals surface area contributed by atoms with Gasteiger partial charge in [0.1, 0.15) is 12.4 Å².